The molecule has 0 saturated heterocycles. The lowest BCUT2D eigenvalue weighted by atomic mass is 9.78. The van der Waals surface area contributed by atoms with Crippen LogP contribution in [0.3, 0.4) is 0 Å². The van der Waals surface area contributed by atoms with Gasteiger partial charge in [0.15, 0.2) is 0 Å². The molecule has 0 amide bonds. The van der Waals surface area contributed by atoms with Crippen LogP contribution in [-0.2, 0) is 0 Å². The summed E-state index contributed by atoms with van der Waals surface area (Å²) in [5, 5.41) is 0. The van der Waals surface area contributed by atoms with Crippen LogP contribution in [0, 0.1) is 0 Å². The number of benzene rings is 2. The maximum atomic E-state index is 6.45. The highest BCUT2D eigenvalue weighted by Crippen LogP contribution is 2.18. The first-order valence-corrected chi connectivity index (χ1v) is 6.59. The van der Waals surface area contributed by atoms with E-state index in [0.29, 0.717) is 0 Å². The zero-order valence-electron chi connectivity index (χ0n) is 9.48. The smallest absolute Gasteiger partial charge is 0.395 e. The Morgan fingerprint density at radius 3 is 2.18 bits per heavy atom. The molecule has 0 heterocycles. The predicted octanol–water partition coefficient (Wildman–Crippen LogP) is 3.52. The molecule has 2 aromatic carbocycles. The molecule has 0 N–H and O–H groups in total. The molecule has 0 aliphatic heterocycles. The summed E-state index contributed by atoms with van der Waals surface area (Å²) in [7, 11) is 1.99. The van der Waals surface area contributed by atoms with Gasteiger partial charge in [-0.2, -0.15) is 11.5 Å². The number of hydrogen-bond donors (Lipinski definition) is 0. The topological polar surface area (TPSA) is 3.24 Å². The van der Waals surface area contributed by atoms with Crippen molar-refractivity contribution in [2.75, 3.05) is 11.9 Å². The Balaban J connectivity index is 2.20. The van der Waals surface area contributed by atoms with Crippen molar-refractivity contribution in [2.45, 2.75) is 0 Å². The zero-order valence-corrected chi connectivity index (χ0v) is 11.8. The lowest BCUT2D eigenvalue weighted by Gasteiger charge is -2.22. The Kier molecular flexibility index (Phi) is 4.13. The Labute approximate surface area is 116 Å². The molecule has 0 radical (unpaired) electrons. The lowest BCUT2D eigenvalue weighted by Crippen LogP contribution is -2.41. The van der Waals surface area contributed by atoms with Crippen LogP contribution in [0.2, 0.25) is 0 Å². The molecule has 2 rings (SSSR count). The molecule has 0 unspecified atom stereocenters. The lowest BCUT2D eigenvalue weighted by molar-refractivity contribution is 1.32. The second-order valence-corrected chi connectivity index (χ2v) is 5.16. The quantitative estimate of drug-likeness (QED) is 0.784. The van der Waals surface area contributed by atoms with Gasteiger partial charge in [0.1, 0.15) is 0 Å². The van der Waals surface area contributed by atoms with Crippen LogP contribution in [0.5, 0.6) is 0 Å². The Morgan fingerprint density at radius 1 is 1.00 bits per heavy atom. The van der Waals surface area contributed by atoms with Crippen LogP contribution < -0.4 is 10.3 Å². The van der Waals surface area contributed by atoms with Crippen molar-refractivity contribution in [2.24, 2.45) is 0 Å². The molecule has 86 valence electrons. The Morgan fingerprint density at radius 2 is 1.59 bits per heavy atom. The maximum Gasteiger partial charge on any atom is 0.395 e. The van der Waals surface area contributed by atoms with Crippen molar-refractivity contribution in [3.63, 3.8) is 0 Å². The van der Waals surface area contributed by atoms with Gasteiger partial charge in [0.05, 0.1) is 0 Å². The first-order valence-electron chi connectivity index (χ1n) is 5.36. The minimum Gasteiger partial charge on any atom is -0.400 e. The summed E-state index contributed by atoms with van der Waals surface area (Å²) >= 11 is 9.87. The van der Waals surface area contributed by atoms with E-state index in [1.807, 2.05) is 66.5 Å². The van der Waals surface area contributed by atoms with E-state index >= 15 is 0 Å². The van der Waals surface area contributed by atoms with E-state index in [4.69, 9.17) is 11.5 Å². The average Bonchev–Trinajstić information content (AvgIpc) is 2.39. The Bertz CT molecular complexity index is 475. The van der Waals surface area contributed by atoms with Gasteiger partial charge in [-0.15, -0.1) is 0 Å². The van der Waals surface area contributed by atoms with Gasteiger partial charge in [0.25, 0.3) is 0 Å². The molecule has 17 heavy (non-hydrogen) atoms. The fraction of sp³-hybridized carbons (Fsp3) is 0.0769. The normalized spacial score (nSPS) is 10.1. The van der Waals surface area contributed by atoms with Gasteiger partial charge in [-0.3, -0.25) is 0 Å². The van der Waals surface area contributed by atoms with Crippen molar-refractivity contribution in [1.29, 1.82) is 0 Å². The highest BCUT2D eigenvalue weighted by Gasteiger charge is 2.20. The average molecular weight is 308 g/mol. The van der Waals surface area contributed by atoms with Crippen LogP contribution in [-0.4, -0.2) is 13.3 Å². The van der Waals surface area contributed by atoms with E-state index < -0.39 is 0 Å². The predicted molar refractivity (Wildman–Crippen MR) is 80.2 cm³/mol. The van der Waals surface area contributed by atoms with Gasteiger partial charge < -0.3 is 4.81 Å². The third-order valence-electron chi connectivity index (χ3n) is 2.65. The summed E-state index contributed by atoms with van der Waals surface area (Å²) in [6.45, 7) is 0. The second kappa shape index (κ2) is 5.61. The molecule has 0 aromatic heterocycles. The molecule has 1 nitrogen and oxygen atoms in total. The van der Waals surface area contributed by atoms with Gasteiger partial charge in [-0.05, 0) is 36.8 Å². The van der Waals surface area contributed by atoms with Crippen LogP contribution in [0.1, 0.15) is 0 Å². The third kappa shape index (κ3) is 3.05. The van der Waals surface area contributed by atoms with Crippen molar-refractivity contribution in [3.05, 3.63) is 59.1 Å². The van der Waals surface area contributed by atoms with Crippen LogP contribution in [0.4, 0.5) is 5.69 Å². The van der Waals surface area contributed by atoms with Crippen LogP contribution >= 0.6 is 27.4 Å². The summed E-state index contributed by atoms with van der Waals surface area (Å²) in [5.74, 6) is 0. The van der Waals surface area contributed by atoms with Crippen LogP contribution in [0.25, 0.3) is 0 Å². The van der Waals surface area contributed by atoms with Gasteiger partial charge in [-0.1, -0.05) is 46.3 Å². The molecule has 0 bridgehead atoms. The fourth-order valence-electron chi connectivity index (χ4n) is 1.64. The van der Waals surface area contributed by atoms with Gasteiger partial charge in [0.2, 0.25) is 0 Å². The van der Waals surface area contributed by atoms with Gasteiger partial charge in [-0.25, -0.2) is 0 Å². The minimum atomic E-state index is -0.155. The molecule has 0 aliphatic carbocycles. The van der Waals surface area contributed by atoms with Crippen LogP contribution in [0.15, 0.2) is 59.1 Å². The molecular formula is C13H12BBrClN. The fourth-order valence-corrected chi connectivity index (χ4v) is 2.17. The van der Waals surface area contributed by atoms with Gasteiger partial charge >= 0.3 is 6.26 Å². The molecule has 0 saturated carbocycles. The summed E-state index contributed by atoms with van der Waals surface area (Å²) in [6, 6.07) is 18.2. The number of halogens is 2. The number of anilines is 1. The number of rotatable bonds is 3. The highest BCUT2D eigenvalue weighted by molar-refractivity contribution is 9.10. The number of nitrogens with zero attached hydrogens (tertiary/aromatic N) is 1. The van der Waals surface area contributed by atoms with E-state index in [1.54, 1.807) is 0 Å². The van der Waals surface area contributed by atoms with Gasteiger partial charge in [0, 0.05) is 10.2 Å². The molecule has 0 fully saturated rings. The maximum absolute atomic E-state index is 6.45. The summed E-state index contributed by atoms with van der Waals surface area (Å²) in [4.78, 5) is 2.04. The third-order valence-corrected chi connectivity index (χ3v) is 3.72. The second-order valence-electron chi connectivity index (χ2n) is 3.83. The van der Waals surface area contributed by atoms with Crippen molar-refractivity contribution >= 4 is 44.8 Å². The summed E-state index contributed by atoms with van der Waals surface area (Å²) in [6.07, 6.45) is -0.155. The Hall–Kier alpha value is -0.925. The first kappa shape index (κ1) is 12.5. The first-order chi connectivity index (χ1) is 8.18. The summed E-state index contributed by atoms with van der Waals surface area (Å²) in [5.41, 5.74) is 2.19. The standard InChI is InChI=1S/C13H12BBrClN/c1-17(13-9-7-12(15)8-10-13)14(16)11-5-3-2-4-6-11/h2-10H,1H3. The van der Waals surface area contributed by atoms with Crippen molar-refractivity contribution in [3.8, 4) is 0 Å². The summed E-state index contributed by atoms with van der Waals surface area (Å²) < 4.78 is 1.07. The minimum absolute atomic E-state index is 0.155. The zero-order chi connectivity index (χ0) is 12.3. The largest absolute Gasteiger partial charge is 0.400 e. The van der Waals surface area contributed by atoms with E-state index in [-0.39, 0.29) is 6.26 Å². The highest BCUT2D eigenvalue weighted by atomic mass is 79.9. The van der Waals surface area contributed by atoms with Crippen molar-refractivity contribution in [1.82, 2.24) is 0 Å². The molecular weight excluding hydrogens is 296 g/mol. The molecule has 0 spiro atoms. The SMILES string of the molecule is CN(B(Cl)c1ccccc1)c1ccc(Br)cc1. The molecule has 0 aliphatic rings. The monoisotopic (exact) mass is 307 g/mol. The van der Waals surface area contributed by atoms with Crippen molar-refractivity contribution < 1.29 is 0 Å². The van der Waals surface area contributed by atoms with E-state index in [1.165, 1.54) is 0 Å². The van der Waals surface area contributed by atoms with E-state index in [9.17, 15) is 0 Å². The number of hydrogen-bond acceptors (Lipinski definition) is 1. The van der Waals surface area contributed by atoms with E-state index in [2.05, 4.69) is 15.9 Å². The molecule has 2 aromatic rings. The molecule has 4 heteroatoms. The molecule has 0 atom stereocenters. The van der Waals surface area contributed by atoms with E-state index in [0.717, 1.165) is 15.6 Å².